The lowest BCUT2D eigenvalue weighted by molar-refractivity contribution is -0.145. The molecule has 9 nitrogen and oxygen atoms in total. The molecule has 0 aliphatic carbocycles. The van der Waals surface area contributed by atoms with Crippen molar-refractivity contribution in [3.05, 3.63) is 0 Å². The lowest BCUT2D eigenvalue weighted by Gasteiger charge is -2.26. The van der Waals surface area contributed by atoms with Gasteiger partial charge in [0.1, 0.15) is 6.04 Å². The molecule has 9 heteroatoms. The van der Waals surface area contributed by atoms with Crippen LogP contribution in [0.4, 0.5) is 4.79 Å². The maximum absolute atomic E-state index is 12.5. The molecular formula is C20H40N4O5. The van der Waals surface area contributed by atoms with Gasteiger partial charge < -0.3 is 20.6 Å². The van der Waals surface area contributed by atoms with E-state index in [0.717, 1.165) is 6.42 Å². The quantitative estimate of drug-likeness (QED) is 0.268. The molecule has 0 fully saturated rings. The second-order valence-corrected chi connectivity index (χ2v) is 8.49. The van der Waals surface area contributed by atoms with Crippen LogP contribution in [0.2, 0.25) is 0 Å². The molecule has 0 saturated heterocycles. The van der Waals surface area contributed by atoms with E-state index in [0.29, 0.717) is 31.7 Å². The summed E-state index contributed by atoms with van der Waals surface area (Å²) in [5, 5.41) is 14.5. The number of urea groups is 1. The molecule has 0 aromatic heterocycles. The van der Waals surface area contributed by atoms with Gasteiger partial charge in [0.2, 0.25) is 11.8 Å². The Hall–Kier alpha value is -1.87. The highest BCUT2D eigenvalue weighted by Crippen LogP contribution is 2.08. The minimum Gasteiger partial charge on any atom is -0.395 e. The second-order valence-electron chi connectivity index (χ2n) is 8.49. The van der Waals surface area contributed by atoms with Crippen molar-refractivity contribution in [2.45, 2.75) is 78.4 Å². The number of nitrogens with one attached hydrogen (secondary N) is 3. The maximum Gasteiger partial charge on any atom is 0.318 e. The zero-order chi connectivity index (χ0) is 22.4. The molecule has 0 aromatic rings. The van der Waals surface area contributed by atoms with Crippen molar-refractivity contribution >= 4 is 17.8 Å². The Morgan fingerprint density at radius 1 is 1.07 bits per heavy atom. The first kappa shape index (κ1) is 27.1. The van der Waals surface area contributed by atoms with Crippen molar-refractivity contribution in [2.75, 3.05) is 26.7 Å². The standard InChI is InChI=1S/C20H40N4O5/c1-15(2)11-12-24(13-14-25)19(28)22-16(18(27)21-6)9-7-8-10-17(26)23-29-20(3,4)5/h15-16,25H,7-14H2,1-6H3,(H,21,27)(H,22,28)(H,23,26)/t16-/m0/s1. The van der Waals surface area contributed by atoms with E-state index < -0.39 is 11.6 Å². The van der Waals surface area contributed by atoms with Gasteiger partial charge >= 0.3 is 6.03 Å². The minimum absolute atomic E-state index is 0.137. The molecule has 0 bridgehead atoms. The van der Waals surface area contributed by atoms with Crippen LogP contribution in [0.15, 0.2) is 0 Å². The number of hydrogen-bond donors (Lipinski definition) is 4. The highest BCUT2D eigenvalue weighted by Gasteiger charge is 2.23. The summed E-state index contributed by atoms with van der Waals surface area (Å²) in [6.07, 6.45) is 2.65. The number of aliphatic hydroxyl groups is 1. The number of nitrogens with zero attached hydrogens (tertiary/aromatic N) is 1. The van der Waals surface area contributed by atoms with Crippen LogP contribution in [0.1, 0.15) is 66.7 Å². The van der Waals surface area contributed by atoms with Crippen molar-refractivity contribution in [3.63, 3.8) is 0 Å². The van der Waals surface area contributed by atoms with Gasteiger partial charge in [0, 0.05) is 26.6 Å². The van der Waals surface area contributed by atoms with Crippen molar-refractivity contribution in [3.8, 4) is 0 Å². The van der Waals surface area contributed by atoms with Gasteiger partial charge in [0.25, 0.3) is 0 Å². The third-order valence-electron chi connectivity index (χ3n) is 4.11. The zero-order valence-electron chi connectivity index (χ0n) is 18.8. The molecule has 0 unspecified atom stereocenters. The van der Waals surface area contributed by atoms with E-state index in [1.54, 1.807) is 0 Å². The van der Waals surface area contributed by atoms with E-state index in [-0.39, 0.29) is 37.4 Å². The number of hydrogen-bond acceptors (Lipinski definition) is 5. The number of rotatable bonds is 13. The Balaban J connectivity index is 4.55. The average Bonchev–Trinajstić information content (AvgIpc) is 2.64. The average molecular weight is 417 g/mol. The predicted molar refractivity (Wildman–Crippen MR) is 112 cm³/mol. The van der Waals surface area contributed by atoms with Gasteiger partial charge in [0.05, 0.1) is 12.2 Å². The van der Waals surface area contributed by atoms with E-state index >= 15 is 0 Å². The van der Waals surface area contributed by atoms with E-state index in [9.17, 15) is 19.5 Å². The van der Waals surface area contributed by atoms with Crippen molar-refractivity contribution in [2.24, 2.45) is 5.92 Å². The molecule has 0 spiro atoms. The highest BCUT2D eigenvalue weighted by atomic mass is 16.7. The Labute approximate surface area is 174 Å². The second kappa shape index (κ2) is 14.2. The van der Waals surface area contributed by atoms with Crippen LogP contribution in [-0.2, 0) is 14.4 Å². The fourth-order valence-electron chi connectivity index (χ4n) is 2.43. The number of unbranched alkanes of at least 4 members (excludes halogenated alkanes) is 1. The van der Waals surface area contributed by atoms with Crippen LogP contribution in [0, 0.1) is 5.92 Å². The SMILES string of the molecule is CNC(=O)[C@H](CCCCC(=O)NOC(C)(C)C)NC(=O)N(CCO)CCC(C)C. The topological polar surface area (TPSA) is 120 Å². The highest BCUT2D eigenvalue weighted by molar-refractivity contribution is 5.86. The Morgan fingerprint density at radius 3 is 2.24 bits per heavy atom. The number of amides is 4. The van der Waals surface area contributed by atoms with Crippen molar-refractivity contribution in [1.29, 1.82) is 0 Å². The molecule has 0 radical (unpaired) electrons. The number of hydroxylamine groups is 1. The van der Waals surface area contributed by atoms with Gasteiger partial charge in [-0.05, 0) is 46.0 Å². The minimum atomic E-state index is -0.693. The number of likely N-dealkylation sites (N-methyl/N-ethyl adjacent to an activating group) is 1. The maximum atomic E-state index is 12.5. The van der Waals surface area contributed by atoms with Gasteiger partial charge in [-0.15, -0.1) is 0 Å². The molecule has 29 heavy (non-hydrogen) atoms. The third-order valence-corrected chi connectivity index (χ3v) is 4.11. The van der Waals surface area contributed by atoms with Gasteiger partial charge in [-0.2, -0.15) is 0 Å². The molecule has 170 valence electrons. The van der Waals surface area contributed by atoms with Gasteiger partial charge in [-0.25, -0.2) is 10.3 Å². The normalized spacial score (nSPS) is 12.4. The number of aliphatic hydroxyl groups excluding tert-OH is 1. The summed E-state index contributed by atoms with van der Waals surface area (Å²) in [6.45, 7) is 10.2. The molecule has 0 aliphatic heterocycles. The molecule has 0 rings (SSSR count). The van der Waals surface area contributed by atoms with Gasteiger partial charge in [-0.3, -0.25) is 14.4 Å². The van der Waals surface area contributed by atoms with Crippen LogP contribution in [-0.4, -0.2) is 66.2 Å². The Morgan fingerprint density at radius 2 is 1.72 bits per heavy atom. The monoisotopic (exact) mass is 416 g/mol. The summed E-state index contributed by atoms with van der Waals surface area (Å²) in [5.41, 5.74) is 1.95. The van der Waals surface area contributed by atoms with Gasteiger partial charge in [-0.1, -0.05) is 20.3 Å². The first-order chi connectivity index (χ1) is 13.5. The summed E-state index contributed by atoms with van der Waals surface area (Å²) in [7, 11) is 1.52. The summed E-state index contributed by atoms with van der Waals surface area (Å²) in [4.78, 5) is 43.2. The molecule has 1 atom stereocenters. The van der Waals surface area contributed by atoms with E-state index in [2.05, 4.69) is 30.0 Å². The Bertz CT molecular complexity index is 506. The summed E-state index contributed by atoms with van der Waals surface area (Å²) in [6, 6.07) is -1.06. The molecule has 0 heterocycles. The lowest BCUT2D eigenvalue weighted by atomic mass is 10.1. The number of carbonyl (C=O) groups is 3. The van der Waals surface area contributed by atoms with E-state index in [4.69, 9.17) is 4.84 Å². The van der Waals surface area contributed by atoms with Crippen LogP contribution in [0.25, 0.3) is 0 Å². The van der Waals surface area contributed by atoms with E-state index in [1.807, 2.05) is 20.8 Å². The fraction of sp³-hybridized carbons (Fsp3) is 0.850. The summed E-state index contributed by atoms with van der Waals surface area (Å²) < 4.78 is 0. The summed E-state index contributed by atoms with van der Waals surface area (Å²) >= 11 is 0. The smallest absolute Gasteiger partial charge is 0.318 e. The fourth-order valence-corrected chi connectivity index (χ4v) is 2.43. The van der Waals surface area contributed by atoms with Crippen LogP contribution >= 0.6 is 0 Å². The molecule has 0 aliphatic rings. The number of carbonyl (C=O) groups excluding carboxylic acids is 3. The first-order valence-corrected chi connectivity index (χ1v) is 10.3. The van der Waals surface area contributed by atoms with Crippen LogP contribution < -0.4 is 16.1 Å². The Kier molecular flexibility index (Phi) is 13.3. The molecular weight excluding hydrogens is 376 g/mol. The molecule has 4 amide bonds. The predicted octanol–water partition coefficient (Wildman–Crippen LogP) is 1.56. The van der Waals surface area contributed by atoms with Crippen LogP contribution in [0.3, 0.4) is 0 Å². The largest absolute Gasteiger partial charge is 0.395 e. The molecule has 0 saturated carbocycles. The lowest BCUT2D eigenvalue weighted by Crippen LogP contribution is -2.51. The third kappa shape index (κ3) is 13.9. The molecule has 0 aromatic carbocycles. The summed E-state index contributed by atoms with van der Waals surface area (Å²) in [5.74, 6) is -0.0814. The van der Waals surface area contributed by atoms with E-state index in [1.165, 1.54) is 11.9 Å². The van der Waals surface area contributed by atoms with Gasteiger partial charge in [0.15, 0.2) is 0 Å². The zero-order valence-corrected chi connectivity index (χ0v) is 18.8. The van der Waals surface area contributed by atoms with Crippen LogP contribution in [0.5, 0.6) is 0 Å². The molecule has 4 N–H and O–H groups in total. The first-order valence-electron chi connectivity index (χ1n) is 10.3. The van der Waals surface area contributed by atoms with Crippen molar-refractivity contribution in [1.82, 2.24) is 21.0 Å². The van der Waals surface area contributed by atoms with Crippen molar-refractivity contribution < 1.29 is 24.3 Å².